The van der Waals surface area contributed by atoms with Crippen molar-refractivity contribution in [2.45, 2.75) is 56.5 Å². The summed E-state index contributed by atoms with van der Waals surface area (Å²) >= 11 is 0. The summed E-state index contributed by atoms with van der Waals surface area (Å²) in [4.78, 5) is 0. The molecule has 0 fully saturated rings. The van der Waals surface area contributed by atoms with Gasteiger partial charge < -0.3 is 16.8 Å². The number of nitrogens with one attached hydrogen (secondary N) is 1. The van der Waals surface area contributed by atoms with Gasteiger partial charge in [-0.15, -0.1) is 0 Å². The molecule has 0 saturated heterocycles. The highest BCUT2D eigenvalue weighted by molar-refractivity contribution is 5.87. The van der Waals surface area contributed by atoms with Crippen LogP contribution in [0.5, 0.6) is 0 Å². The van der Waals surface area contributed by atoms with E-state index in [1.165, 1.54) is 33.4 Å². The number of nitrogens with two attached hydrogens (primary N) is 2. The van der Waals surface area contributed by atoms with Gasteiger partial charge in [0.1, 0.15) is 0 Å². The zero-order chi connectivity index (χ0) is 31.2. The Morgan fingerprint density at radius 3 is 2.51 bits per heavy atom. The molecule has 1 aromatic carbocycles. The smallest absolute Gasteiger partial charge is 0.0543 e. The van der Waals surface area contributed by atoms with Crippen LogP contribution in [0.15, 0.2) is 174 Å². The van der Waals surface area contributed by atoms with Gasteiger partial charge in [-0.05, 0) is 66.0 Å². The van der Waals surface area contributed by atoms with E-state index < -0.39 is 0 Å². The van der Waals surface area contributed by atoms with Crippen LogP contribution in [0, 0.1) is 5.92 Å². The molecule has 3 unspecified atom stereocenters. The van der Waals surface area contributed by atoms with Crippen molar-refractivity contribution in [3.05, 3.63) is 185 Å². The van der Waals surface area contributed by atoms with E-state index in [2.05, 4.69) is 146 Å². The van der Waals surface area contributed by atoms with Gasteiger partial charge in [0.2, 0.25) is 0 Å². The predicted octanol–water partition coefficient (Wildman–Crippen LogP) is 8.65. The van der Waals surface area contributed by atoms with Crippen molar-refractivity contribution in [3.8, 4) is 0 Å². The fraction of sp³-hybridized carbons (Fsp3) is 0.238. The molecule has 228 valence electrons. The van der Waals surface area contributed by atoms with Gasteiger partial charge in [-0.1, -0.05) is 152 Å². The third-order valence-corrected chi connectivity index (χ3v) is 9.77. The first-order chi connectivity index (χ1) is 22.0. The third-order valence-electron chi connectivity index (χ3n) is 9.77. The van der Waals surface area contributed by atoms with Crippen molar-refractivity contribution in [2.24, 2.45) is 17.4 Å². The minimum absolute atomic E-state index is 0.126. The van der Waals surface area contributed by atoms with E-state index in [1.807, 2.05) is 6.08 Å². The minimum atomic E-state index is -0.210. The second kappa shape index (κ2) is 13.6. The summed E-state index contributed by atoms with van der Waals surface area (Å²) in [5, 5.41) is 3.61. The molecule has 3 atom stereocenters. The lowest BCUT2D eigenvalue weighted by molar-refractivity contribution is 0.486. The summed E-state index contributed by atoms with van der Waals surface area (Å²) in [6.45, 7) is 6.48. The number of benzene rings is 1. The molecule has 5 aliphatic rings. The van der Waals surface area contributed by atoms with E-state index in [4.69, 9.17) is 11.5 Å². The molecule has 6 rings (SSSR count). The van der Waals surface area contributed by atoms with Crippen LogP contribution in [-0.2, 0) is 5.41 Å². The molecule has 0 bridgehead atoms. The van der Waals surface area contributed by atoms with Crippen molar-refractivity contribution in [2.75, 3.05) is 0 Å². The van der Waals surface area contributed by atoms with E-state index in [0.717, 1.165) is 43.4 Å². The molecule has 1 aliphatic heterocycles. The Bertz CT molecular complexity index is 1690. The number of hydrogen-bond acceptors (Lipinski definition) is 3. The van der Waals surface area contributed by atoms with Gasteiger partial charge in [-0.25, -0.2) is 0 Å². The normalized spacial score (nSPS) is 29.0. The molecule has 0 aromatic heterocycles. The van der Waals surface area contributed by atoms with Gasteiger partial charge in [-0.3, -0.25) is 0 Å². The standard InChI is InChI=1S/C42H45N3/c1-3-34-19-12-6-4-5-9-16-32(26-27-42(34)37-22-14-13-20-35(37)36-21-15-23-38(36)42)40(44)28-31-24-25-39(43)30(2)45-41(29-31)33-17-10-7-8-11-18-33/h4-20,22-26,33,40-41,45H,2-3,21,27-29,43-44H2,1H3/b5-4-,12-6-,16-9?,31-24-,32-26?,34-19+,39-25?. The zero-order valence-electron chi connectivity index (χ0n) is 26.3. The molecule has 3 nitrogen and oxygen atoms in total. The predicted molar refractivity (Wildman–Crippen MR) is 192 cm³/mol. The maximum Gasteiger partial charge on any atom is 0.0543 e. The lowest BCUT2D eigenvalue weighted by Crippen LogP contribution is -2.37. The lowest BCUT2D eigenvalue weighted by atomic mass is 9.67. The van der Waals surface area contributed by atoms with Crippen molar-refractivity contribution in [3.63, 3.8) is 0 Å². The first-order valence-corrected chi connectivity index (χ1v) is 16.3. The van der Waals surface area contributed by atoms with E-state index in [1.54, 1.807) is 0 Å². The van der Waals surface area contributed by atoms with Crippen LogP contribution in [-0.4, -0.2) is 12.1 Å². The second-order valence-electron chi connectivity index (χ2n) is 12.5. The summed E-state index contributed by atoms with van der Waals surface area (Å²) in [5.41, 5.74) is 24.3. The van der Waals surface area contributed by atoms with E-state index in [9.17, 15) is 0 Å². The molecular formula is C42H45N3. The van der Waals surface area contributed by atoms with E-state index >= 15 is 0 Å². The summed E-state index contributed by atoms with van der Waals surface area (Å²) in [5.74, 6) is 0.212. The van der Waals surface area contributed by atoms with Crippen LogP contribution in [0.1, 0.15) is 50.2 Å². The SMILES string of the molecule is C=C1NC(C2C=CC=CC=C2)C/C(CC(N)C2=CCC3(C4=C(CC=C4)c4ccccc43)/C(CC)=C/C=C\C=C/C=C2)=C\C=C1N. The van der Waals surface area contributed by atoms with Crippen LogP contribution >= 0.6 is 0 Å². The van der Waals surface area contributed by atoms with Gasteiger partial charge in [0.25, 0.3) is 0 Å². The Labute approximate surface area is 269 Å². The van der Waals surface area contributed by atoms with Crippen LogP contribution in [0.2, 0.25) is 0 Å². The van der Waals surface area contributed by atoms with Gasteiger partial charge >= 0.3 is 0 Å². The average molecular weight is 592 g/mol. The Morgan fingerprint density at radius 2 is 1.69 bits per heavy atom. The van der Waals surface area contributed by atoms with Crippen LogP contribution in [0.3, 0.4) is 0 Å². The molecular weight excluding hydrogens is 546 g/mol. The summed E-state index contributed by atoms with van der Waals surface area (Å²) in [7, 11) is 0. The van der Waals surface area contributed by atoms with Crippen LogP contribution in [0.4, 0.5) is 0 Å². The fourth-order valence-corrected chi connectivity index (χ4v) is 7.47. The quantitative estimate of drug-likeness (QED) is 0.321. The average Bonchev–Trinajstić information content (AvgIpc) is 3.50. The molecule has 1 aromatic rings. The second-order valence-corrected chi connectivity index (χ2v) is 12.5. The maximum atomic E-state index is 7.15. The number of rotatable bonds is 5. The molecule has 0 amide bonds. The number of allylic oxidation sites excluding steroid dienone is 18. The molecule has 5 N–H and O–H groups in total. The van der Waals surface area contributed by atoms with Crippen molar-refractivity contribution in [1.29, 1.82) is 0 Å². The molecule has 1 spiro atoms. The van der Waals surface area contributed by atoms with E-state index in [-0.39, 0.29) is 23.4 Å². The topological polar surface area (TPSA) is 64.1 Å². The Morgan fingerprint density at radius 1 is 0.933 bits per heavy atom. The molecule has 1 heterocycles. The zero-order valence-corrected chi connectivity index (χ0v) is 26.3. The Kier molecular flexibility index (Phi) is 9.18. The van der Waals surface area contributed by atoms with E-state index in [0.29, 0.717) is 5.70 Å². The van der Waals surface area contributed by atoms with Crippen molar-refractivity contribution < 1.29 is 0 Å². The number of hydrogen-bond donors (Lipinski definition) is 3. The molecule has 0 radical (unpaired) electrons. The van der Waals surface area contributed by atoms with Gasteiger partial charge in [0, 0.05) is 23.4 Å². The van der Waals surface area contributed by atoms with Crippen LogP contribution in [0.25, 0.3) is 5.57 Å². The van der Waals surface area contributed by atoms with Gasteiger partial charge in [-0.2, -0.15) is 0 Å². The van der Waals surface area contributed by atoms with Crippen molar-refractivity contribution in [1.82, 2.24) is 5.32 Å². The van der Waals surface area contributed by atoms with Gasteiger partial charge in [0.05, 0.1) is 11.4 Å². The third kappa shape index (κ3) is 6.18. The fourth-order valence-electron chi connectivity index (χ4n) is 7.47. The molecule has 0 saturated carbocycles. The highest BCUT2D eigenvalue weighted by atomic mass is 15.0. The monoisotopic (exact) mass is 591 g/mol. The minimum Gasteiger partial charge on any atom is -0.397 e. The molecule has 4 aliphatic carbocycles. The van der Waals surface area contributed by atoms with Crippen LogP contribution < -0.4 is 16.8 Å². The Balaban J connectivity index is 1.36. The first kappa shape index (κ1) is 30.4. The maximum absolute atomic E-state index is 7.15. The largest absolute Gasteiger partial charge is 0.397 e. The highest BCUT2D eigenvalue weighted by Gasteiger charge is 2.46. The molecule has 45 heavy (non-hydrogen) atoms. The summed E-state index contributed by atoms with van der Waals surface area (Å²) < 4.78 is 0. The van der Waals surface area contributed by atoms with Gasteiger partial charge in [0.15, 0.2) is 0 Å². The summed E-state index contributed by atoms with van der Waals surface area (Å²) in [6.07, 6.45) is 43.6. The first-order valence-electron chi connectivity index (χ1n) is 16.3. The lowest BCUT2D eigenvalue weighted by Gasteiger charge is -2.35. The number of fused-ring (bicyclic) bond motifs is 4. The van der Waals surface area contributed by atoms with Crippen molar-refractivity contribution >= 4 is 5.57 Å². The summed E-state index contributed by atoms with van der Waals surface area (Å²) in [6, 6.07) is 8.97. The highest BCUT2D eigenvalue weighted by Crippen LogP contribution is 2.57. The Hall–Kier alpha value is -4.60. The molecule has 3 heteroatoms.